The summed E-state index contributed by atoms with van der Waals surface area (Å²) in [6.45, 7) is 4.74. The Morgan fingerprint density at radius 1 is 1.33 bits per heavy atom. The van der Waals surface area contributed by atoms with Crippen molar-refractivity contribution in [2.45, 2.75) is 26.1 Å². The Labute approximate surface area is 92.1 Å². The van der Waals surface area contributed by atoms with E-state index in [4.69, 9.17) is 14.0 Å². The molecule has 4 nitrogen and oxygen atoms in total. The van der Waals surface area contributed by atoms with Gasteiger partial charge in [0.1, 0.15) is 0 Å². The van der Waals surface area contributed by atoms with Gasteiger partial charge in [-0.15, -0.1) is 4.52 Å². The van der Waals surface area contributed by atoms with Gasteiger partial charge in [-0.2, -0.15) is 0 Å². The molecule has 0 aromatic heterocycles. The molecular formula is C10H20O4P+. The van der Waals surface area contributed by atoms with Crippen LogP contribution in [0.25, 0.3) is 0 Å². The molecule has 1 aliphatic heterocycles. The van der Waals surface area contributed by atoms with Crippen LogP contribution in [-0.2, 0) is 18.6 Å². The van der Waals surface area contributed by atoms with Crippen LogP contribution in [0.4, 0.5) is 0 Å². The van der Waals surface area contributed by atoms with E-state index in [0.29, 0.717) is 18.7 Å². The zero-order valence-corrected chi connectivity index (χ0v) is 10.7. The van der Waals surface area contributed by atoms with E-state index in [0.717, 1.165) is 0 Å². The second-order valence-electron chi connectivity index (χ2n) is 4.06. The molecule has 1 aliphatic rings. The van der Waals surface area contributed by atoms with Gasteiger partial charge in [-0.1, -0.05) is 6.92 Å². The average molecular weight is 235 g/mol. The number of ether oxygens (including phenoxy) is 2. The number of hydrogen-bond donors (Lipinski definition) is 0. The summed E-state index contributed by atoms with van der Waals surface area (Å²) in [5, 5.41) is 0. The molecule has 0 N–H and O–H groups in total. The van der Waals surface area contributed by atoms with Crippen LogP contribution in [-0.4, -0.2) is 39.2 Å². The van der Waals surface area contributed by atoms with Gasteiger partial charge in [0.25, 0.3) is 0 Å². The van der Waals surface area contributed by atoms with E-state index in [1.165, 1.54) is 7.11 Å². The zero-order chi connectivity index (χ0) is 11.4. The normalized spacial score (nSPS) is 36.9. The minimum Gasteiger partial charge on any atom is -0.382 e. The molecule has 15 heavy (non-hydrogen) atoms. The van der Waals surface area contributed by atoms with Gasteiger partial charge < -0.3 is 9.47 Å². The van der Waals surface area contributed by atoms with E-state index in [1.54, 1.807) is 7.11 Å². The van der Waals surface area contributed by atoms with E-state index in [2.05, 4.69) is 6.92 Å². The van der Waals surface area contributed by atoms with Crippen molar-refractivity contribution in [1.82, 2.24) is 0 Å². The number of methoxy groups -OCH3 is 1. The van der Waals surface area contributed by atoms with Crippen molar-refractivity contribution >= 4 is 8.03 Å². The molecule has 0 aliphatic carbocycles. The number of rotatable bonds is 5. The molecule has 1 fully saturated rings. The summed E-state index contributed by atoms with van der Waals surface area (Å²) in [4.78, 5) is 0. The smallest absolute Gasteiger partial charge is 0.382 e. The SMILES string of the molecule is COCC1OC(C)C(C)C1C[P+](=O)OC. The third kappa shape index (κ3) is 3.22. The monoisotopic (exact) mass is 235 g/mol. The Morgan fingerprint density at radius 3 is 2.53 bits per heavy atom. The van der Waals surface area contributed by atoms with Gasteiger partial charge in [-0.05, 0) is 17.4 Å². The Balaban J connectivity index is 2.59. The van der Waals surface area contributed by atoms with E-state index >= 15 is 0 Å². The van der Waals surface area contributed by atoms with E-state index in [9.17, 15) is 4.57 Å². The largest absolute Gasteiger partial charge is 0.508 e. The Kier molecular flexibility index (Phi) is 5.13. The molecule has 0 bridgehead atoms. The fourth-order valence-electron chi connectivity index (χ4n) is 2.04. The van der Waals surface area contributed by atoms with Crippen LogP contribution < -0.4 is 0 Å². The van der Waals surface area contributed by atoms with Crippen molar-refractivity contribution < 1.29 is 18.6 Å². The van der Waals surface area contributed by atoms with E-state index in [1.807, 2.05) is 6.92 Å². The molecule has 1 saturated heterocycles. The summed E-state index contributed by atoms with van der Waals surface area (Å²) in [5.74, 6) is 0.669. The first kappa shape index (κ1) is 13.0. The summed E-state index contributed by atoms with van der Waals surface area (Å²) in [6.07, 6.45) is 0.815. The first-order valence-corrected chi connectivity index (χ1v) is 6.59. The van der Waals surface area contributed by atoms with Gasteiger partial charge in [0.05, 0.1) is 25.9 Å². The van der Waals surface area contributed by atoms with Crippen LogP contribution >= 0.6 is 8.03 Å². The van der Waals surface area contributed by atoms with Crippen molar-refractivity contribution in [3.8, 4) is 0 Å². The predicted molar refractivity (Wildman–Crippen MR) is 58.3 cm³/mol. The van der Waals surface area contributed by atoms with Gasteiger partial charge in [0, 0.05) is 13.0 Å². The fraction of sp³-hybridized carbons (Fsp3) is 1.00. The highest BCUT2D eigenvalue weighted by atomic mass is 31.1. The number of hydrogen-bond acceptors (Lipinski definition) is 4. The van der Waals surface area contributed by atoms with Crippen molar-refractivity contribution in [2.24, 2.45) is 11.8 Å². The second kappa shape index (κ2) is 5.90. The predicted octanol–water partition coefficient (Wildman–Crippen LogP) is 2.06. The summed E-state index contributed by atoms with van der Waals surface area (Å²) < 4.78 is 27.1. The van der Waals surface area contributed by atoms with Crippen molar-refractivity contribution in [3.63, 3.8) is 0 Å². The van der Waals surface area contributed by atoms with Gasteiger partial charge in [-0.25, -0.2) is 0 Å². The van der Waals surface area contributed by atoms with E-state index in [-0.39, 0.29) is 18.1 Å². The molecule has 0 aromatic rings. The van der Waals surface area contributed by atoms with Gasteiger partial charge in [0.2, 0.25) is 0 Å². The minimum absolute atomic E-state index is 0.0501. The van der Waals surface area contributed by atoms with Crippen LogP contribution in [0.2, 0.25) is 0 Å². The van der Waals surface area contributed by atoms with Crippen LogP contribution in [0.1, 0.15) is 13.8 Å². The molecule has 88 valence electrons. The van der Waals surface area contributed by atoms with Crippen LogP contribution in [0.3, 0.4) is 0 Å². The van der Waals surface area contributed by atoms with Gasteiger partial charge in [-0.3, -0.25) is 0 Å². The van der Waals surface area contributed by atoms with Gasteiger partial charge >= 0.3 is 8.03 Å². The molecule has 5 atom stereocenters. The quantitative estimate of drug-likeness (QED) is 0.684. The lowest BCUT2D eigenvalue weighted by Gasteiger charge is -2.15. The van der Waals surface area contributed by atoms with Crippen molar-refractivity contribution in [2.75, 3.05) is 27.0 Å². The van der Waals surface area contributed by atoms with Crippen molar-refractivity contribution in [1.29, 1.82) is 0 Å². The Hall–Kier alpha value is -0.0200. The maximum atomic E-state index is 11.4. The first-order valence-electron chi connectivity index (χ1n) is 5.23. The standard InChI is InChI=1S/C10H20O4P/c1-7-8(2)14-10(5-12-3)9(7)6-15(11)13-4/h7-10H,5-6H2,1-4H3/q+1. The van der Waals surface area contributed by atoms with Crippen LogP contribution in [0.15, 0.2) is 0 Å². The van der Waals surface area contributed by atoms with Crippen molar-refractivity contribution in [3.05, 3.63) is 0 Å². The van der Waals surface area contributed by atoms with Crippen LogP contribution in [0.5, 0.6) is 0 Å². The molecule has 0 radical (unpaired) electrons. The summed E-state index contributed by atoms with van der Waals surface area (Å²) in [7, 11) is 1.58. The lowest BCUT2D eigenvalue weighted by molar-refractivity contribution is -0.00664. The minimum atomic E-state index is -1.56. The summed E-state index contributed by atoms with van der Waals surface area (Å²) in [5.41, 5.74) is 0. The molecule has 5 heteroatoms. The second-order valence-corrected chi connectivity index (χ2v) is 5.45. The molecule has 0 saturated carbocycles. The van der Waals surface area contributed by atoms with E-state index < -0.39 is 8.03 Å². The summed E-state index contributed by atoms with van der Waals surface area (Å²) >= 11 is 0. The Morgan fingerprint density at radius 2 is 2.00 bits per heavy atom. The fourth-order valence-corrected chi connectivity index (χ4v) is 3.11. The first-order chi connectivity index (χ1) is 7.10. The molecule has 1 rings (SSSR count). The lowest BCUT2D eigenvalue weighted by atomic mass is 9.91. The van der Waals surface area contributed by atoms with Gasteiger partial charge in [0.15, 0.2) is 6.16 Å². The molecule has 1 heterocycles. The van der Waals surface area contributed by atoms with Crippen LogP contribution in [0, 0.1) is 11.8 Å². The summed E-state index contributed by atoms with van der Waals surface area (Å²) in [6, 6.07) is 0. The third-order valence-corrected chi connectivity index (χ3v) is 4.30. The zero-order valence-electron chi connectivity index (χ0n) is 9.80. The highest BCUT2D eigenvalue weighted by Gasteiger charge is 2.44. The topological polar surface area (TPSA) is 44.8 Å². The Bertz CT molecular complexity index is 221. The lowest BCUT2D eigenvalue weighted by Crippen LogP contribution is -2.26. The highest BCUT2D eigenvalue weighted by molar-refractivity contribution is 7.39. The maximum Gasteiger partial charge on any atom is 0.508 e. The molecule has 0 spiro atoms. The molecule has 5 unspecified atom stereocenters. The average Bonchev–Trinajstić information content (AvgIpc) is 2.46. The molecule has 0 amide bonds. The molecular weight excluding hydrogens is 215 g/mol. The maximum absolute atomic E-state index is 11.4. The highest BCUT2D eigenvalue weighted by Crippen LogP contribution is 2.38. The molecule has 0 aromatic carbocycles. The third-order valence-electron chi connectivity index (χ3n) is 3.18.